The molecule has 0 N–H and O–H groups in total. The minimum atomic E-state index is -0.803. The van der Waals surface area contributed by atoms with E-state index in [1.165, 1.54) is 225 Å². The molecule has 0 aromatic heterocycles. The van der Waals surface area contributed by atoms with E-state index in [0.29, 0.717) is 19.3 Å². The minimum Gasteiger partial charge on any atom is -0.462 e. The first-order chi connectivity index (χ1) is 38.0. The summed E-state index contributed by atoms with van der Waals surface area (Å²) in [7, 11) is 0. The lowest BCUT2D eigenvalue weighted by Gasteiger charge is -2.18. The number of ether oxygens (including phenoxy) is 3. The molecule has 6 nitrogen and oxygen atoms in total. The molecule has 1 atom stereocenters. The van der Waals surface area contributed by atoms with E-state index in [-0.39, 0.29) is 37.5 Å². The average Bonchev–Trinajstić information content (AvgIpc) is 3.43. The third-order valence-electron chi connectivity index (χ3n) is 14.7. The van der Waals surface area contributed by atoms with E-state index < -0.39 is 6.10 Å². The summed E-state index contributed by atoms with van der Waals surface area (Å²) in [6.45, 7) is 6.50. The van der Waals surface area contributed by atoms with Gasteiger partial charge in [-0.25, -0.2) is 0 Å². The SMILES string of the molecule is CC/C=C\C/C=C\C/C=C\C/C=C\CCC(=O)OCC(COC(=O)CCCCCCCCCCCCCCCCC/C=C\C/C=C\CCCCCCC)OC(=O)CCCCCCCCCCCCCCCCCCCCC. The summed E-state index contributed by atoms with van der Waals surface area (Å²) < 4.78 is 16.9. The van der Waals surface area contributed by atoms with Crippen LogP contribution in [0.25, 0.3) is 0 Å². The molecule has 0 spiro atoms. The molecular formula is C71H126O6. The second kappa shape index (κ2) is 65.4. The highest BCUT2D eigenvalue weighted by molar-refractivity contribution is 5.71. The van der Waals surface area contributed by atoms with E-state index in [1.54, 1.807) is 0 Å². The van der Waals surface area contributed by atoms with Crippen molar-refractivity contribution in [1.82, 2.24) is 0 Å². The largest absolute Gasteiger partial charge is 0.462 e. The zero-order valence-electron chi connectivity index (χ0n) is 51.2. The molecule has 0 aromatic carbocycles. The summed E-state index contributed by atoms with van der Waals surface area (Å²) in [5.41, 5.74) is 0. The second-order valence-electron chi connectivity index (χ2n) is 22.4. The van der Waals surface area contributed by atoms with Crippen LogP contribution >= 0.6 is 0 Å². The number of unbranched alkanes of at least 4 members (excludes halogenated alkanes) is 38. The normalized spacial score (nSPS) is 12.5. The van der Waals surface area contributed by atoms with Gasteiger partial charge in [-0.3, -0.25) is 14.4 Å². The Morgan fingerprint density at radius 3 is 0.870 bits per heavy atom. The molecule has 0 heterocycles. The maximum absolute atomic E-state index is 12.9. The lowest BCUT2D eigenvalue weighted by molar-refractivity contribution is -0.166. The van der Waals surface area contributed by atoms with Crippen LogP contribution in [-0.2, 0) is 28.6 Å². The molecule has 0 amide bonds. The fraction of sp³-hybridized carbons (Fsp3) is 0.789. The molecule has 0 saturated carbocycles. The van der Waals surface area contributed by atoms with Crippen molar-refractivity contribution in [3.8, 4) is 0 Å². The summed E-state index contributed by atoms with van der Waals surface area (Å²) in [5, 5.41) is 0. The molecule has 1 unspecified atom stereocenters. The topological polar surface area (TPSA) is 78.9 Å². The maximum atomic E-state index is 12.9. The fourth-order valence-corrected chi connectivity index (χ4v) is 9.73. The van der Waals surface area contributed by atoms with Crippen molar-refractivity contribution < 1.29 is 28.6 Å². The molecule has 0 rings (SSSR count). The van der Waals surface area contributed by atoms with E-state index in [1.807, 2.05) is 6.08 Å². The number of carbonyl (C=O) groups excluding carboxylic acids is 3. The van der Waals surface area contributed by atoms with Gasteiger partial charge in [0.05, 0.1) is 0 Å². The van der Waals surface area contributed by atoms with Gasteiger partial charge in [0.1, 0.15) is 13.2 Å². The van der Waals surface area contributed by atoms with Gasteiger partial charge in [0.2, 0.25) is 0 Å². The van der Waals surface area contributed by atoms with Crippen LogP contribution < -0.4 is 0 Å². The molecule has 77 heavy (non-hydrogen) atoms. The van der Waals surface area contributed by atoms with Crippen LogP contribution in [0.2, 0.25) is 0 Å². The van der Waals surface area contributed by atoms with Gasteiger partial charge in [-0.1, -0.05) is 318 Å². The fourth-order valence-electron chi connectivity index (χ4n) is 9.73. The van der Waals surface area contributed by atoms with E-state index in [2.05, 4.69) is 87.6 Å². The zero-order chi connectivity index (χ0) is 55.7. The van der Waals surface area contributed by atoms with Crippen LogP contribution in [-0.4, -0.2) is 37.2 Å². The number of hydrogen-bond donors (Lipinski definition) is 0. The van der Waals surface area contributed by atoms with E-state index in [0.717, 1.165) is 70.6 Å². The van der Waals surface area contributed by atoms with Crippen molar-refractivity contribution in [1.29, 1.82) is 0 Å². The summed E-state index contributed by atoms with van der Waals surface area (Å²) in [5.74, 6) is -0.960. The molecule has 0 aliphatic heterocycles. The first kappa shape index (κ1) is 73.8. The van der Waals surface area contributed by atoms with Gasteiger partial charge in [0.15, 0.2) is 6.10 Å². The first-order valence-corrected chi connectivity index (χ1v) is 33.4. The Morgan fingerprint density at radius 2 is 0.532 bits per heavy atom. The molecule has 0 radical (unpaired) electrons. The Balaban J connectivity index is 4.27. The number of rotatable bonds is 61. The van der Waals surface area contributed by atoms with Crippen LogP contribution in [0.3, 0.4) is 0 Å². The summed E-state index contributed by atoms with van der Waals surface area (Å²) in [4.78, 5) is 38.3. The van der Waals surface area contributed by atoms with Crippen molar-refractivity contribution in [2.24, 2.45) is 0 Å². The van der Waals surface area contributed by atoms with Gasteiger partial charge in [-0.2, -0.15) is 0 Å². The van der Waals surface area contributed by atoms with Gasteiger partial charge in [-0.15, -0.1) is 0 Å². The number of hydrogen-bond acceptors (Lipinski definition) is 6. The highest BCUT2D eigenvalue weighted by Crippen LogP contribution is 2.18. The predicted octanol–water partition coefficient (Wildman–Crippen LogP) is 22.9. The standard InChI is InChI=1S/C71H126O6/c1-4-7-10-13-16-19-22-25-27-29-31-32-33-34-35-36-37-38-40-41-43-46-49-52-55-58-61-64-70(73)76-67-68(66-75-69(72)63-60-57-54-51-48-45-24-21-18-15-12-9-6-3)77-71(74)65-62-59-56-53-50-47-44-42-39-30-28-26-23-20-17-14-11-8-5-2/h9,12,18,21-22,25,29,31,45,48,54,57,68H,4-8,10-11,13-17,19-20,23-24,26-28,30,32-44,46-47,49-53,55-56,58-67H2,1-3H3/b12-9-,21-18-,25-22-,31-29-,48-45-,57-54-. The van der Waals surface area contributed by atoms with Gasteiger partial charge < -0.3 is 14.2 Å². The number of allylic oxidation sites excluding steroid dienone is 12. The quantitative estimate of drug-likeness (QED) is 0.0261. The van der Waals surface area contributed by atoms with Crippen LogP contribution in [0, 0.1) is 0 Å². The lowest BCUT2D eigenvalue weighted by atomic mass is 10.0. The number of carbonyl (C=O) groups is 3. The monoisotopic (exact) mass is 1070 g/mol. The zero-order valence-corrected chi connectivity index (χ0v) is 51.2. The smallest absolute Gasteiger partial charge is 0.306 e. The Bertz CT molecular complexity index is 1420. The Morgan fingerprint density at radius 1 is 0.273 bits per heavy atom. The van der Waals surface area contributed by atoms with Gasteiger partial charge >= 0.3 is 17.9 Å². The molecule has 446 valence electrons. The van der Waals surface area contributed by atoms with Gasteiger partial charge in [0, 0.05) is 19.3 Å². The summed E-state index contributed by atoms with van der Waals surface area (Å²) in [6, 6.07) is 0. The van der Waals surface area contributed by atoms with E-state index in [4.69, 9.17) is 14.2 Å². The molecule has 0 bridgehead atoms. The first-order valence-electron chi connectivity index (χ1n) is 33.4. The van der Waals surface area contributed by atoms with Crippen molar-refractivity contribution >= 4 is 17.9 Å². The van der Waals surface area contributed by atoms with E-state index in [9.17, 15) is 14.4 Å². The molecule has 0 aliphatic carbocycles. The summed E-state index contributed by atoms with van der Waals surface area (Å²) in [6.07, 6.45) is 85.1. The summed E-state index contributed by atoms with van der Waals surface area (Å²) >= 11 is 0. The third-order valence-corrected chi connectivity index (χ3v) is 14.7. The van der Waals surface area contributed by atoms with Crippen molar-refractivity contribution in [2.75, 3.05) is 13.2 Å². The number of esters is 3. The Kier molecular flexibility index (Phi) is 62.7. The van der Waals surface area contributed by atoms with Crippen LogP contribution in [0.4, 0.5) is 0 Å². The Hall–Kier alpha value is -3.15. The van der Waals surface area contributed by atoms with Crippen LogP contribution in [0.1, 0.15) is 342 Å². The van der Waals surface area contributed by atoms with Gasteiger partial charge in [0.25, 0.3) is 0 Å². The predicted molar refractivity (Wildman–Crippen MR) is 335 cm³/mol. The maximum Gasteiger partial charge on any atom is 0.306 e. The van der Waals surface area contributed by atoms with Crippen LogP contribution in [0.5, 0.6) is 0 Å². The minimum absolute atomic E-state index is 0.0937. The highest BCUT2D eigenvalue weighted by Gasteiger charge is 2.19. The van der Waals surface area contributed by atoms with E-state index >= 15 is 0 Å². The Labute approximate surface area is 478 Å². The van der Waals surface area contributed by atoms with Crippen molar-refractivity contribution in [3.63, 3.8) is 0 Å². The molecular weight excluding hydrogens is 949 g/mol. The van der Waals surface area contributed by atoms with Gasteiger partial charge in [-0.05, 0) is 77.0 Å². The third kappa shape index (κ3) is 63.6. The van der Waals surface area contributed by atoms with Crippen LogP contribution in [0.15, 0.2) is 72.9 Å². The second-order valence-corrected chi connectivity index (χ2v) is 22.4. The van der Waals surface area contributed by atoms with Crippen molar-refractivity contribution in [3.05, 3.63) is 72.9 Å². The lowest BCUT2D eigenvalue weighted by Crippen LogP contribution is -2.30. The highest BCUT2D eigenvalue weighted by atomic mass is 16.6. The molecule has 0 saturated heterocycles. The molecule has 0 aromatic rings. The molecule has 0 aliphatic rings. The average molecular weight is 1080 g/mol. The molecule has 6 heteroatoms. The van der Waals surface area contributed by atoms with Crippen molar-refractivity contribution in [2.45, 2.75) is 348 Å². The molecule has 0 fully saturated rings.